The van der Waals surface area contributed by atoms with Crippen LogP contribution in [0.4, 0.5) is 0 Å². The third kappa shape index (κ3) is 3.77. The molecule has 0 aliphatic heterocycles. The summed E-state index contributed by atoms with van der Waals surface area (Å²) < 4.78 is 5.66. The van der Waals surface area contributed by atoms with Crippen molar-refractivity contribution < 1.29 is 4.74 Å². The third-order valence-electron chi connectivity index (χ3n) is 3.64. The largest absolute Gasteiger partial charge is 0.496 e. The molecule has 0 bridgehead atoms. The molecule has 2 nitrogen and oxygen atoms in total. The topological polar surface area (TPSA) is 33.0 Å². The van der Waals surface area contributed by atoms with E-state index in [0.717, 1.165) is 36.1 Å². The highest BCUT2D eigenvalue weighted by atomic mass is 16.5. The van der Waals surface area contributed by atoms with Crippen molar-refractivity contribution >= 4 is 5.57 Å². The van der Waals surface area contributed by atoms with Gasteiger partial charge < -0.3 is 4.74 Å². The van der Waals surface area contributed by atoms with E-state index in [9.17, 15) is 5.26 Å². The highest BCUT2D eigenvalue weighted by Gasteiger charge is 2.15. The highest BCUT2D eigenvalue weighted by Crippen LogP contribution is 2.35. The number of hydrogen-bond acceptors (Lipinski definition) is 2. The molecule has 0 aromatic heterocycles. The predicted octanol–water partition coefficient (Wildman–Crippen LogP) is 4.98. The van der Waals surface area contributed by atoms with Crippen LogP contribution in [0.15, 0.2) is 54.7 Å². The zero-order valence-corrected chi connectivity index (χ0v) is 13.2. The van der Waals surface area contributed by atoms with E-state index in [1.807, 2.05) is 37.3 Å². The number of ether oxygens (including phenoxy) is 1. The van der Waals surface area contributed by atoms with Gasteiger partial charge in [-0.3, -0.25) is 0 Å². The summed E-state index contributed by atoms with van der Waals surface area (Å²) in [6.45, 7) is 1.99. The Balaban J connectivity index is 2.46. The Kier molecular flexibility index (Phi) is 5.80. The minimum Gasteiger partial charge on any atom is -0.496 e. The number of nitriles is 1. The van der Waals surface area contributed by atoms with E-state index in [-0.39, 0.29) is 0 Å². The molecule has 22 heavy (non-hydrogen) atoms. The van der Waals surface area contributed by atoms with Crippen LogP contribution in [0.1, 0.15) is 36.5 Å². The lowest BCUT2D eigenvalue weighted by molar-refractivity contribution is 0.409. The molecule has 0 radical (unpaired) electrons. The predicted molar refractivity (Wildman–Crippen MR) is 91.7 cm³/mol. The quantitative estimate of drug-likeness (QED) is 0.717. The molecule has 0 spiro atoms. The molecular weight excluding hydrogens is 270 g/mol. The summed E-state index contributed by atoms with van der Waals surface area (Å²) in [5, 5.41) is 9.30. The van der Waals surface area contributed by atoms with Gasteiger partial charge in [-0.25, -0.2) is 0 Å². The summed E-state index contributed by atoms with van der Waals surface area (Å²) in [5.41, 5.74) is 4.00. The van der Waals surface area contributed by atoms with Crippen LogP contribution in [-0.4, -0.2) is 7.11 Å². The fourth-order valence-electron chi connectivity index (χ4n) is 2.60. The monoisotopic (exact) mass is 291 g/mol. The molecule has 0 saturated carbocycles. The fraction of sp³-hybridized carbons (Fsp3) is 0.250. The molecule has 0 atom stereocenters. The van der Waals surface area contributed by atoms with Gasteiger partial charge in [-0.1, -0.05) is 42.5 Å². The summed E-state index contributed by atoms with van der Waals surface area (Å²) in [5.74, 6) is 0.880. The molecule has 1 aromatic rings. The maximum Gasteiger partial charge on any atom is 0.129 e. The highest BCUT2D eigenvalue weighted by molar-refractivity contribution is 5.75. The van der Waals surface area contributed by atoms with Crippen molar-refractivity contribution in [1.29, 1.82) is 5.26 Å². The molecule has 0 heterocycles. The molecule has 0 N–H and O–H groups in total. The Morgan fingerprint density at radius 1 is 1.32 bits per heavy atom. The molecule has 0 amide bonds. The third-order valence-corrected chi connectivity index (χ3v) is 3.64. The van der Waals surface area contributed by atoms with Crippen LogP contribution in [0.25, 0.3) is 5.57 Å². The number of rotatable bonds is 5. The Hall–Kier alpha value is -2.53. The van der Waals surface area contributed by atoms with Gasteiger partial charge in [-0.2, -0.15) is 5.26 Å². The van der Waals surface area contributed by atoms with Crippen molar-refractivity contribution in [3.63, 3.8) is 0 Å². The first-order valence-corrected chi connectivity index (χ1v) is 7.55. The zero-order chi connectivity index (χ0) is 15.8. The van der Waals surface area contributed by atoms with Gasteiger partial charge in [0.2, 0.25) is 0 Å². The maximum atomic E-state index is 9.30. The summed E-state index contributed by atoms with van der Waals surface area (Å²) in [6.07, 6.45) is 17.2. The zero-order valence-electron chi connectivity index (χ0n) is 13.2. The Morgan fingerprint density at radius 3 is 2.82 bits per heavy atom. The lowest BCUT2D eigenvalue weighted by Crippen LogP contribution is -1.99. The van der Waals surface area contributed by atoms with Gasteiger partial charge in [0, 0.05) is 5.56 Å². The number of methoxy groups -OCH3 is 1. The standard InChI is InChI=1S/C20H21NO/c1-3-4-5-7-12-18-13-16(15-21)14-19(20(18)22-2)17-10-8-6-9-11-17/h3-8,10,13-14H,9,11-12H2,1-2H3/b4-3-,7-5-. The van der Waals surface area contributed by atoms with Crippen LogP contribution in [0.3, 0.4) is 0 Å². The van der Waals surface area contributed by atoms with Gasteiger partial charge in [0.05, 0.1) is 18.7 Å². The second-order valence-electron chi connectivity index (χ2n) is 5.14. The average molecular weight is 291 g/mol. The second-order valence-corrected chi connectivity index (χ2v) is 5.14. The van der Waals surface area contributed by atoms with Crippen LogP contribution in [0, 0.1) is 11.3 Å². The van der Waals surface area contributed by atoms with Crippen molar-refractivity contribution in [2.75, 3.05) is 7.11 Å². The number of benzene rings is 1. The summed E-state index contributed by atoms with van der Waals surface area (Å²) in [7, 11) is 1.70. The SMILES string of the molecule is C/C=C\C=C/Cc1cc(C#N)cc(C2=CC=CCC2)c1OC. The molecule has 2 heteroatoms. The second kappa shape index (κ2) is 8.05. The Bertz CT molecular complexity index is 684. The molecular formula is C20H21NO. The number of nitrogens with zero attached hydrogens (tertiary/aromatic N) is 1. The Morgan fingerprint density at radius 2 is 2.18 bits per heavy atom. The van der Waals surface area contributed by atoms with Crippen molar-refractivity contribution in [1.82, 2.24) is 0 Å². The van der Waals surface area contributed by atoms with Gasteiger partial charge in [-0.05, 0) is 49.5 Å². The first kappa shape index (κ1) is 15.9. The molecule has 1 aromatic carbocycles. The lowest BCUT2D eigenvalue weighted by atomic mass is 9.92. The van der Waals surface area contributed by atoms with E-state index in [0.29, 0.717) is 5.56 Å². The average Bonchev–Trinajstić information content (AvgIpc) is 2.58. The molecule has 1 aliphatic rings. The Labute approximate surface area is 132 Å². The summed E-state index contributed by atoms with van der Waals surface area (Å²) in [6, 6.07) is 6.11. The fourth-order valence-corrected chi connectivity index (χ4v) is 2.60. The van der Waals surface area contributed by atoms with Gasteiger partial charge in [0.15, 0.2) is 0 Å². The van der Waals surface area contributed by atoms with Crippen molar-refractivity contribution in [3.05, 3.63) is 71.4 Å². The van der Waals surface area contributed by atoms with Gasteiger partial charge in [0.1, 0.15) is 5.75 Å². The number of hydrogen-bond donors (Lipinski definition) is 0. The van der Waals surface area contributed by atoms with E-state index in [2.05, 4.69) is 30.4 Å². The lowest BCUT2D eigenvalue weighted by Gasteiger charge is -2.17. The van der Waals surface area contributed by atoms with E-state index in [4.69, 9.17) is 4.74 Å². The van der Waals surface area contributed by atoms with E-state index in [1.54, 1.807) is 7.11 Å². The smallest absolute Gasteiger partial charge is 0.129 e. The molecule has 0 unspecified atom stereocenters. The first-order chi connectivity index (χ1) is 10.8. The van der Waals surface area contributed by atoms with Crippen LogP contribution in [0.2, 0.25) is 0 Å². The normalized spacial score (nSPS) is 14.3. The molecule has 112 valence electrons. The van der Waals surface area contributed by atoms with Gasteiger partial charge >= 0.3 is 0 Å². The van der Waals surface area contributed by atoms with Crippen molar-refractivity contribution in [3.8, 4) is 11.8 Å². The van der Waals surface area contributed by atoms with Gasteiger partial charge in [-0.15, -0.1) is 0 Å². The van der Waals surface area contributed by atoms with Crippen LogP contribution in [-0.2, 0) is 6.42 Å². The molecule has 0 saturated heterocycles. The van der Waals surface area contributed by atoms with Crippen LogP contribution in [0.5, 0.6) is 5.75 Å². The van der Waals surface area contributed by atoms with Crippen molar-refractivity contribution in [2.24, 2.45) is 0 Å². The van der Waals surface area contributed by atoms with E-state index in [1.165, 1.54) is 5.57 Å². The van der Waals surface area contributed by atoms with Crippen molar-refractivity contribution in [2.45, 2.75) is 26.2 Å². The molecule has 1 aliphatic carbocycles. The minimum absolute atomic E-state index is 0.681. The number of allylic oxidation sites excluding steroid dienone is 8. The summed E-state index contributed by atoms with van der Waals surface area (Å²) >= 11 is 0. The van der Waals surface area contributed by atoms with Crippen LogP contribution < -0.4 is 4.74 Å². The van der Waals surface area contributed by atoms with Gasteiger partial charge in [0.25, 0.3) is 0 Å². The molecule has 0 fully saturated rings. The van der Waals surface area contributed by atoms with Crippen LogP contribution >= 0.6 is 0 Å². The maximum absolute atomic E-state index is 9.30. The van der Waals surface area contributed by atoms with E-state index < -0.39 is 0 Å². The summed E-state index contributed by atoms with van der Waals surface area (Å²) in [4.78, 5) is 0. The van der Waals surface area contributed by atoms with E-state index >= 15 is 0 Å². The minimum atomic E-state index is 0.681. The molecule has 2 rings (SSSR count). The first-order valence-electron chi connectivity index (χ1n) is 7.55.